The van der Waals surface area contributed by atoms with E-state index < -0.39 is 0 Å². The van der Waals surface area contributed by atoms with Gasteiger partial charge in [0.25, 0.3) is 0 Å². The molecule has 2 aliphatic rings. The van der Waals surface area contributed by atoms with Gasteiger partial charge in [-0.15, -0.1) is 0 Å². The van der Waals surface area contributed by atoms with Gasteiger partial charge >= 0.3 is 0 Å². The average Bonchev–Trinajstić information content (AvgIpc) is 2.62. The number of likely N-dealkylation sites (tertiary alicyclic amines) is 1. The van der Waals surface area contributed by atoms with E-state index in [9.17, 15) is 9.59 Å². The third-order valence-electron chi connectivity index (χ3n) is 4.66. The van der Waals surface area contributed by atoms with Crippen LogP contribution in [0.5, 0.6) is 0 Å². The first-order chi connectivity index (χ1) is 9.17. The smallest absolute Gasteiger partial charge is 0.247 e. The van der Waals surface area contributed by atoms with Gasteiger partial charge in [0.2, 0.25) is 11.8 Å². The molecule has 1 N–H and O–H groups in total. The first-order valence-corrected chi connectivity index (χ1v) is 7.76. The topological polar surface area (TPSA) is 49.4 Å². The second-order valence-corrected chi connectivity index (χ2v) is 5.87. The molecule has 108 valence electrons. The molecule has 0 bridgehead atoms. The van der Waals surface area contributed by atoms with Gasteiger partial charge in [0.15, 0.2) is 0 Å². The maximum atomic E-state index is 12.3. The van der Waals surface area contributed by atoms with Crippen LogP contribution in [-0.4, -0.2) is 35.3 Å². The van der Waals surface area contributed by atoms with Crippen molar-refractivity contribution in [2.24, 2.45) is 5.92 Å². The van der Waals surface area contributed by atoms with Crippen LogP contribution in [0.15, 0.2) is 0 Å². The lowest BCUT2D eigenvalue weighted by Gasteiger charge is -2.26. The number of rotatable bonds is 7. The van der Waals surface area contributed by atoms with Crippen LogP contribution in [0.2, 0.25) is 0 Å². The second-order valence-electron chi connectivity index (χ2n) is 5.87. The normalized spacial score (nSPS) is 24.4. The fourth-order valence-electron chi connectivity index (χ4n) is 3.09. The summed E-state index contributed by atoms with van der Waals surface area (Å²) >= 11 is 0. The minimum absolute atomic E-state index is 0.000144. The molecule has 0 aromatic rings. The fourth-order valence-corrected chi connectivity index (χ4v) is 3.09. The first kappa shape index (κ1) is 14.5. The second kappa shape index (κ2) is 6.51. The highest BCUT2D eigenvalue weighted by atomic mass is 16.2. The molecule has 1 saturated carbocycles. The van der Waals surface area contributed by atoms with E-state index in [1.165, 1.54) is 24.2 Å². The van der Waals surface area contributed by atoms with Crippen molar-refractivity contribution in [3.8, 4) is 0 Å². The summed E-state index contributed by atoms with van der Waals surface area (Å²) in [6, 6.07) is -0.188. The number of hydrogen-bond donors (Lipinski definition) is 1. The zero-order valence-electron chi connectivity index (χ0n) is 12.2. The fraction of sp³-hybridized carbons (Fsp3) is 0.867. The summed E-state index contributed by atoms with van der Waals surface area (Å²) in [7, 11) is 0. The van der Waals surface area contributed by atoms with Gasteiger partial charge in [-0.25, -0.2) is 0 Å². The van der Waals surface area contributed by atoms with E-state index >= 15 is 0 Å². The molecule has 19 heavy (non-hydrogen) atoms. The van der Waals surface area contributed by atoms with Crippen molar-refractivity contribution in [1.82, 2.24) is 10.2 Å². The zero-order chi connectivity index (χ0) is 13.8. The van der Waals surface area contributed by atoms with E-state index in [-0.39, 0.29) is 23.9 Å². The monoisotopic (exact) mass is 266 g/mol. The quantitative estimate of drug-likeness (QED) is 0.718. The number of carbonyl (C=O) groups is 2. The SMILES string of the molecule is CCC(CC)N1C(=O)CC(NCCC2CCC2)C1=O. The van der Waals surface area contributed by atoms with E-state index in [1.807, 2.05) is 13.8 Å². The largest absolute Gasteiger partial charge is 0.305 e. The Morgan fingerprint density at radius 1 is 1.26 bits per heavy atom. The van der Waals surface area contributed by atoms with Crippen LogP contribution >= 0.6 is 0 Å². The summed E-state index contributed by atoms with van der Waals surface area (Å²) in [6.07, 6.45) is 7.21. The van der Waals surface area contributed by atoms with Crippen LogP contribution in [0.25, 0.3) is 0 Å². The lowest BCUT2D eigenvalue weighted by Crippen LogP contribution is -2.44. The molecule has 0 radical (unpaired) electrons. The van der Waals surface area contributed by atoms with Gasteiger partial charge < -0.3 is 5.32 Å². The number of nitrogens with one attached hydrogen (secondary N) is 1. The standard InChI is InChI=1S/C15H26N2O2/c1-3-12(4-2)17-14(18)10-13(15(17)19)16-9-8-11-6-5-7-11/h11-13,16H,3-10H2,1-2H3. The predicted molar refractivity (Wildman–Crippen MR) is 74.6 cm³/mol. The van der Waals surface area contributed by atoms with Crippen molar-refractivity contribution < 1.29 is 9.59 Å². The van der Waals surface area contributed by atoms with E-state index in [4.69, 9.17) is 0 Å². The Morgan fingerprint density at radius 3 is 2.47 bits per heavy atom. The molecular weight excluding hydrogens is 240 g/mol. The lowest BCUT2D eigenvalue weighted by atomic mass is 9.83. The molecule has 4 heteroatoms. The van der Waals surface area contributed by atoms with Crippen molar-refractivity contribution >= 4 is 11.8 Å². The van der Waals surface area contributed by atoms with Crippen molar-refractivity contribution in [2.45, 2.75) is 70.9 Å². The molecule has 4 nitrogen and oxygen atoms in total. The van der Waals surface area contributed by atoms with E-state index in [1.54, 1.807) is 0 Å². The third-order valence-corrected chi connectivity index (χ3v) is 4.66. The van der Waals surface area contributed by atoms with Gasteiger partial charge in [-0.2, -0.15) is 0 Å². The maximum Gasteiger partial charge on any atom is 0.247 e. The minimum Gasteiger partial charge on any atom is -0.305 e. The number of nitrogens with zero attached hydrogens (tertiary/aromatic N) is 1. The molecule has 2 fully saturated rings. The predicted octanol–water partition coefficient (Wildman–Crippen LogP) is 2.08. The summed E-state index contributed by atoms with van der Waals surface area (Å²) in [6.45, 7) is 4.93. The van der Waals surface area contributed by atoms with Gasteiger partial charge in [-0.05, 0) is 31.7 Å². The molecule has 2 rings (SSSR count). The first-order valence-electron chi connectivity index (χ1n) is 7.76. The Labute approximate surface area is 115 Å². The summed E-state index contributed by atoms with van der Waals surface area (Å²) in [5.41, 5.74) is 0. The number of hydrogen-bond acceptors (Lipinski definition) is 3. The molecule has 1 aliphatic heterocycles. The number of imide groups is 1. The van der Waals surface area contributed by atoms with Gasteiger partial charge in [0.1, 0.15) is 0 Å². The molecule has 1 aliphatic carbocycles. The van der Waals surface area contributed by atoms with E-state index in [0.29, 0.717) is 6.42 Å². The van der Waals surface area contributed by atoms with Crippen LogP contribution in [0.3, 0.4) is 0 Å². The number of amides is 2. The Morgan fingerprint density at radius 2 is 1.95 bits per heavy atom. The Hall–Kier alpha value is -0.900. The van der Waals surface area contributed by atoms with Gasteiger partial charge in [-0.3, -0.25) is 14.5 Å². The molecule has 1 atom stereocenters. The average molecular weight is 266 g/mol. The van der Waals surface area contributed by atoms with Gasteiger partial charge in [0, 0.05) is 6.04 Å². The molecule has 1 heterocycles. The molecule has 0 aromatic carbocycles. The summed E-state index contributed by atoms with van der Waals surface area (Å²) < 4.78 is 0. The molecule has 2 amide bonds. The zero-order valence-corrected chi connectivity index (χ0v) is 12.2. The molecule has 0 spiro atoms. The molecular formula is C15H26N2O2. The van der Waals surface area contributed by atoms with Crippen molar-refractivity contribution in [3.05, 3.63) is 0 Å². The van der Waals surface area contributed by atoms with E-state index in [2.05, 4.69) is 5.32 Å². The third kappa shape index (κ3) is 3.16. The van der Waals surface area contributed by atoms with Crippen LogP contribution in [0, 0.1) is 5.92 Å². The highest BCUT2D eigenvalue weighted by molar-refractivity contribution is 6.05. The lowest BCUT2D eigenvalue weighted by molar-refractivity contribution is -0.141. The molecule has 1 unspecified atom stereocenters. The summed E-state index contributed by atoms with van der Waals surface area (Å²) in [5, 5.41) is 3.28. The number of carbonyl (C=O) groups excluding carboxylic acids is 2. The van der Waals surface area contributed by atoms with Crippen molar-refractivity contribution in [1.29, 1.82) is 0 Å². The van der Waals surface area contributed by atoms with Crippen LogP contribution in [0.4, 0.5) is 0 Å². The van der Waals surface area contributed by atoms with Gasteiger partial charge in [-0.1, -0.05) is 33.1 Å². The summed E-state index contributed by atoms with van der Waals surface area (Å²) in [4.78, 5) is 25.8. The summed E-state index contributed by atoms with van der Waals surface area (Å²) in [5.74, 6) is 0.835. The maximum absolute atomic E-state index is 12.3. The van der Waals surface area contributed by atoms with Crippen LogP contribution < -0.4 is 5.32 Å². The van der Waals surface area contributed by atoms with Gasteiger partial charge in [0.05, 0.1) is 12.5 Å². The van der Waals surface area contributed by atoms with E-state index in [0.717, 1.165) is 31.7 Å². The Kier molecular flexibility index (Phi) is 4.97. The highest BCUT2D eigenvalue weighted by Gasteiger charge is 2.40. The van der Waals surface area contributed by atoms with Crippen molar-refractivity contribution in [2.75, 3.05) is 6.54 Å². The van der Waals surface area contributed by atoms with Crippen molar-refractivity contribution in [3.63, 3.8) is 0 Å². The molecule has 0 aromatic heterocycles. The Bertz CT molecular complexity index is 335. The molecule has 1 saturated heterocycles. The van der Waals surface area contributed by atoms with Crippen LogP contribution in [-0.2, 0) is 9.59 Å². The highest BCUT2D eigenvalue weighted by Crippen LogP contribution is 2.29. The minimum atomic E-state index is -0.270. The Balaban J connectivity index is 1.82. The van der Waals surface area contributed by atoms with Crippen LogP contribution in [0.1, 0.15) is 58.8 Å².